The Balaban J connectivity index is 3.94. The van der Waals surface area contributed by atoms with Crippen LogP contribution in [-0.2, 0) is 9.53 Å². The van der Waals surface area contributed by atoms with Crippen LogP contribution in [0.2, 0.25) is 0 Å². The number of aliphatic hydroxyl groups is 1. The lowest BCUT2D eigenvalue weighted by molar-refractivity contribution is -0.161. The molecule has 0 spiro atoms. The third-order valence-electron chi connectivity index (χ3n) is 1.13. The molecule has 0 aromatic rings. The van der Waals surface area contributed by atoms with Crippen molar-refractivity contribution in [2.24, 2.45) is 5.73 Å². The van der Waals surface area contributed by atoms with Crippen molar-refractivity contribution in [3.05, 3.63) is 0 Å². The zero-order chi connectivity index (χ0) is 9.07. The van der Waals surface area contributed by atoms with Crippen molar-refractivity contribution in [3.63, 3.8) is 0 Å². The third kappa shape index (κ3) is 3.95. The Bertz CT molecular complexity index is 143. The van der Waals surface area contributed by atoms with Crippen LogP contribution in [0.15, 0.2) is 0 Å². The summed E-state index contributed by atoms with van der Waals surface area (Å²) in [7, 11) is 0. The second kappa shape index (κ2) is 3.69. The molecular weight excluding hydrogens is 146 g/mol. The van der Waals surface area contributed by atoms with Gasteiger partial charge in [-0.25, -0.2) is 0 Å². The van der Waals surface area contributed by atoms with Crippen molar-refractivity contribution in [2.75, 3.05) is 6.61 Å². The van der Waals surface area contributed by atoms with Crippen molar-refractivity contribution in [2.45, 2.75) is 32.4 Å². The smallest absolute Gasteiger partial charge is 0.323 e. The van der Waals surface area contributed by atoms with Crippen molar-refractivity contribution in [3.8, 4) is 0 Å². The SMILES string of the molecule is CC(N)C(=O)OC(C)(C)CO. The summed E-state index contributed by atoms with van der Waals surface area (Å²) in [4.78, 5) is 10.9. The standard InChI is InChI=1S/C7H15NO3/c1-5(8)6(10)11-7(2,3)4-9/h5,9H,4,8H2,1-3H3. The van der Waals surface area contributed by atoms with Gasteiger partial charge < -0.3 is 15.6 Å². The highest BCUT2D eigenvalue weighted by Crippen LogP contribution is 2.08. The number of esters is 1. The number of aliphatic hydroxyl groups excluding tert-OH is 1. The fourth-order valence-corrected chi connectivity index (χ4v) is 0.398. The van der Waals surface area contributed by atoms with E-state index in [9.17, 15) is 4.79 Å². The maximum atomic E-state index is 10.9. The Hall–Kier alpha value is -0.610. The van der Waals surface area contributed by atoms with Crippen LogP contribution >= 0.6 is 0 Å². The van der Waals surface area contributed by atoms with E-state index in [1.807, 2.05) is 0 Å². The summed E-state index contributed by atoms with van der Waals surface area (Å²) in [5.41, 5.74) is 4.41. The average molecular weight is 161 g/mol. The largest absolute Gasteiger partial charge is 0.456 e. The molecule has 0 rings (SSSR count). The summed E-state index contributed by atoms with van der Waals surface area (Å²) < 4.78 is 4.83. The second-order valence-electron chi connectivity index (χ2n) is 3.13. The van der Waals surface area contributed by atoms with Crippen molar-refractivity contribution >= 4 is 5.97 Å². The first-order valence-electron chi connectivity index (χ1n) is 3.48. The topological polar surface area (TPSA) is 72.6 Å². The molecule has 66 valence electrons. The van der Waals surface area contributed by atoms with Gasteiger partial charge in [-0.1, -0.05) is 0 Å². The normalized spacial score (nSPS) is 14.3. The predicted octanol–water partition coefficient (Wildman–Crippen LogP) is -0.352. The lowest BCUT2D eigenvalue weighted by atomic mass is 10.1. The van der Waals surface area contributed by atoms with Gasteiger partial charge >= 0.3 is 5.97 Å². The molecule has 1 unspecified atom stereocenters. The minimum atomic E-state index is -0.829. The van der Waals surface area contributed by atoms with E-state index in [0.29, 0.717) is 0 Å². The molecule has 0 amide bonds. The van der Waals surface area contributed by atoms with E-state index in [4.69, 9.17) is 15.6 Å². The maximum Gasteiger partial charge on any atom is 0.323 e. The molecule has 0 fully saturated rings. The molecule has 11 heavy (non-hydrogen) atoms. The fourth-order valence-electron chi connectivity index (χ4n) is 0.398. The molecule has 0 saturated carbocycles. The minimum absolute atomic E-state index is 0.203. The molecule has 4 heteroatoms. The van der Waals surface area contributed by atoms with Crippen LogP contribution in [-0.4, -0.2) is 29.3 Å². The summed E-state index contributed by atoms with van der Waals surface area (Å²) in [6, 6.07) is -0.638. The van der Waals surface area contributed by atoms with Gasteiger partial charge in [-0.2, -0.15) is 0 Å². The molecule has 1 atom stereocenters. The first-order valence-corrected chi connectivity index (χ1v) is 3.48. The predicted molar refractivity (Wildman–Crippen MR) is 40.9 cm³/mol. The van der Waals surface area contributed by atoms with E-state index in [-0.39, 0.29) is 6.61 Å². The first kappa shape index (κ1) is 10.4. The lowest BCUT2D eigenvalue weighted by Crippen LogP contribution is -2.38. The first-order chi connectivity index (χ1) is 4.89. The number of ether oxygens (including phenoxy) is 1. The van der Waals surface area contributed by atoms with Crippen molar-refractivity contribution < 1.29 is 14.6 Å². The molecule has 0 aliphatic carbocycles. The van der Waals surface area contributed by atoms with Gasteiger partial charge in [-0.15, -0.1) is 0 Å². The van der Waals surface area contributed by atoms with Crippen LogP contribution < -0.4 is 5.73 Å². The van der Waals surface area contributed by atoms with Crippen LogP contribution in [0.4, 0.5) is 0 Å². The molecule has 3 N–H and O–H groups in total. The Morgan fingerprint density at radius 2 is 2.18 bits per heavy atom. The summed E-state index contributed by atoms with van der Waals surface area (Å²) in [6.45, 7) is 4.57. The van der Waals surface area contributed by atoms with Gasteiger partial charge in [0.05, 0.1) is 6.61 Å². The molecule has 0 aliphatic heterocycles. The zero-order valence-electron chi connectivity index (χ0n) is 7.13. The Morgan fingerprint density at radius 1 is 1.73 bits per heavy atom. The molecule has 0 saturated heterocycles. The number of hydrogen-bond acceptors (Lipinski definition) is 4. The fraction of sp³-hybridized carbons (Fsp3) is 0.857. The Morgan fingerprint density at radius 3 is 2.45 bits per heavy atom. The molecule has 0 aromatic heterocycles. The van der Waals surface area contributed by atoms with E-state index in [0.717, 1.165) is 0 Å². The number of carbonyl (C=O) groups excluding carboxylic acids is 1. The monoisotopic (exact) mass is 161 g/mol. The highest BCUT2D eigenvalue weighted by atomic mass is 16.6. The Kier molecular flexibility index (Phi) is 3.48. The van der Waals surface area contributed by atoms with Crippen LogP contribution in [0.3, 0.4) is 0 Å². The molecular formula is C7H15NO3. The van der Waals surface area contributed by atoms with Crippen LogP contribution in [0.5, 0.6) is 0 Å². The van der Waals surface area contributed by atoms with Gasteiger partial charge in [-0.05, 0) is 20.8 Å². The molecule has 4 nitrogen and oxygen atoms in total. The van der Waals surface area contributed by atoms with Gasteiger partial charge in [0.1, 0.15) is 11.6 Å². The zero-order valence-corrected chi connectivity index (χ0v) is 7.13. The Labute approximate surface area is 66.3 Å². The average Bonchev–Trinajstić information content (AvgIpc) is 1.87. The van der Waals surface area contributed by atoms with Gasteiger partial charge in [0.15, 0.2) is 0 Å². The van der Waals surface area contributed by atoms with Gasteiger partial charge in [0, 0.05) is 0 Å². The van der Waals surface area contributed by atoms with Gasteiger partial charge in [0.25, 0.3) is 0 Å². The molecule has 0 bridgehead atoms. The van der Waals surface area contributed by atoms with Crippen LogP contribution in [0.1, 0.15) is 20.8 Å². The van der Waals surface area contributed by atoms with E-state index >= 15 is 0 Å². The minimum Gasteiger partial charge on any atom is -0.456 e. The lowest BCUT2D eigenvalue weighted by Gasteiger charge is -2.23. The summed E-state index contributed by atoms with van der Waals surface area (Å²) in [5, 5.41) is 8.71. The molecule has 0 aliphatic rings. The molecule has 0 radical (unpaired) electrons. The van der Waals surface area contributed by atoms with E-state index in [1.54, 1.807) is 13.8 Å². The van der Waals surface area contributed by atoms with Crippen LogP contribution in [0.25, 0.3) is 0 Å². The van der Waals surface area contributed by atoms with Crippen LogP contribution in [0, 0.1) is 0 Å². The summed E-state index contributed by atoms with van der Waals surface area (Å²) in [5.74, 6) is -0.496. The number of hydrogen-bond donors (Lipinski definition) is 2. The number of rotatable bonds is 3. The summed E-state index contributed by atoms with van der Waals surface area (Å²) >= 11 is 0. The molecule has 0 aromatic carbocycles. The highest BCUT2D eigenvalue weighted by Gasteiger charge is 2.23. The summed E-state index contributed by atoms with van der Waals surface area (Å²) in [6.07, 6.45) is 0. The van der Waals surface area contributed by atoms with E-state index in [2.05, 4.69) is 0 Å². The van der Waals surface area contributed by atoms with E-state index < -0.39 is 17.6 Å². The highest BCUT2D eigenvalue weighted by molar-refractivity contribution is 5.75. The van der Waals surface area contributed by atoms with Gasteiger partial charge in [-0.3, -0.25) is 4.79 Å². The number of carbonyl (C=O) groups is 1. The quantitative estimate of drug-likeness (QED) is 0.555. The number of nitrogens with two attached hydrogens (primary N) is 1. The van der Waals surface area contributed by atoms with Crippen molar-refractivity contribution in [1.29, 1.82) is 0 Å². The maximum absolute atomic E-state index is 10.9. The third-order valence-corrected chi connectivity index (χ3v) is 1.13. The second-order valence-corrected chi connectivity index (χ2v) is 3.13. The van der Waals surface area contributed by atoms with E-state index in [1.165, 1.54) is 6.92 Å². The van der Waals surface area contributed by atoms with Gasteiger partial charge in [0.2, 0.25) is 0 Å². The van der Waals surface area contributed by atoms with Crippen molar-refractivity contribution in [1.82, 2.24) is 0 Å². The molecule has 0 heterocycles.